The van der Waals surface area contributed by atoms with Gasteiger partial charge in [0, 0.05) is 44.8 Å². The molecule has 1 saturated heterocycles. The molecular weight excluding hydrogens is 487 g/mol. The van der Waals surface area contributed by atoms with Crippen molar-refractivity contribution in [1.82, 2.24) is 24.6 Å². The van der Waals surface area contributed by atoms with Gasteiger partial charge in [0.2, 0.25) is 5.95 Å². The van der Waals surface area contributed by atoms with Crippen LogP contribution in [0.15, 0.2) is 40.3 Å². The first-order valence-corrected chi connectivity index (χ1v) is 8.26. The Bertz CT molecular complexity index is 654. The van der Waals surface area contributed by atoms with E-state index in [4.69, 9.17) is 5.73 Å². The molecule has 3 rings (SSSR count). The molecule has 2 aromatic rings. The fourth-order valence-corrected chi connectivity index (χ4v) is 2.75. The molecule has 2 aromatic heterocycles. The molecular formula is C14H20BrIN8. The first-order chi connectivity index (χ1) is 11.2. The van der Waals surface area contributed by atoms with Crippen molar-refractivity contribution in [3.8, 4) is 0 Å². The summed E-state index contributed by atoms with van der Waals surface area (Å²) in [7, 11) is 0. The van der Waals surface area contributed by atoms with Crippen LogP contribution in [-0.2, 0) is 6.54 Å². The van der Waals surface area contributed by atoms with Crippen LogP contribution in [-0.4, -0.2) is 63.3 Å². The number of aliphatic imine (C=N–C) groups is 1. The Balaban J connectivity index is 0.00000208. The van der Waals surface area contributed by atoms with E-state index in [1.54, 1.807) is 18.6 Å². The first-order valence-electron chi connectivity index (χ1n) is 7.47. The topological polar surface area (TPSA) is 88.5 Å². The third kappa shape index (κ3) is 5.03. The molecule has 0 bridgehead atoms. The number of anilines is 1. The number of nitrogens with zero attached hydrogens (tertiary/aromatic N) is 7. The number of guanidine groups is 1. The van der Waals surface area contributed by atoms with E-state index in [2.05, 4.69) is 45.8 Å². The van der Waals surface area contributed by atoms with Crippen LogP contribution in [0.4, 0.5) is 5.95 Å². The SMILES string of the molecule is I.NC(=NCCn1cc(Br)cn1)N1CCN(c2ncccn2)CC1. The van der Waals surface area contributed by atoms with Crippen LogP contribution in [0, 0.1) is 0 Å². The quantitative estimate of drug-likeness (QED) is 0.380. The van der Waals surface area contributed by atoms with Crippen molar-refractivity contribution in [1.29, 1.82) is 0 Å². The Kier molecular flexibility index (Phi) is 7.21. The van der Waals surface area contributed by atoms with E-state index in [0.29, 0.717) is 19.0 Å². The zero-order chi connectivity index (χ0) is 16.1. The normalized spacial score (nSPS) is 15.3. The molecule has 3 heterocycles. The summed E-state index contributed by atoms with van der Waals surface area (Å²) in [6.07, 6.45) is 7.21. The van der Waals surface area contributed by atoms with E-state index in [0.717, 1.165) is 36.6 Å². The summed E-state index contributed by atoms with van der Waals surface area (Å²) in [5, 5.41) is 4.19. The highest BCUT2D eigenvalue weighted by molar-refractivity contribution is 14.0. The van der Waals surface area contributed by atoms with Gasteiger partial charge in [0.05, 0.1) is 23.8 Å². The van der Waals surface area contributed by atoms with Gasteiger partial charge in [0.1, 0.15) is 0 Å². The van der Waals surface area contributed by atoms with E-state index in [1.165, 1.54) is 0 Å². The van der Waals surface area contributed by atoms with Gasteiger partial charge in [-0.25, -0.2) is 9.97 Å². The second-order valence-corrected chi connectivity index (χ2v) is 6.10. The number of hydrogen-bond acceptors (Lipinski definition) is 5. The fourth-order valence-electron chi connectivity index (χ4n) is 2.42. The summed E-state index contributed by atoms with van der Waals surface area (Å²) in [4.78, 5) is 17.3. The number of piperazine rings is 1. The first kappa shape index (κ1) is 18.9. The predicted octanol–water partition coefficient (Wildman–Crippen LogP) is 1.19. The van der Waals surface area contributed by atoms with Crippen molar-refractivity contribution in [2.24, 2.45) is 10.7 Å². The van der Waals surface area contributed by atoms with E-state index < -0.39 is 0 Å². The van der Waals surface area contributed by atoms with Crippen LogP contribution in [0.2, 0.25) is 0 Å². The molecule has 0 spiro atoms. The Morgan fingerprint density at radius 3 is 2.54 bits per heavy atom. The lowest BCUT2D eigenvalue weighted by Gasteiger charge is -2.35. The van der Waals surface area contributed by atoms with Crippen LogP contribution in [0.25, 0.3) is 0 Å². The molecule has 0 atom stereocenters. The minimum Gasteiger partial charge on any atom is -0.370 e. The summed E-state index contributed by atoms with van der Waals surface area (Å²) < 4.78 is 2.81. The van der Waals surface area contributed by atoms with Gasteiger partial charge in [-0.3, -0.25) is 9.67 Å². The van der Waals surface area contributed by atoms with Gasteiger partial charge in [0.25, 0.3) is 0 Å². The molecule has 0 aliphatic carbocycles. The smallest absolute Gasteiger partial charge is 0.225 e. The van der Waals surface area contributed by atoms with Gasteiger partial charge < -0.3 is 15.5 Å². The summed E-state index contributed by atoms with van der Waals surface area (Å²) in [5.74, 6) is 1.36. The lowest BCUT2D eigenvalue weighted by atomic mass is 10.3. The molecule has 24 heavy (non-hydrogen) atoms. The van der Waals surface area contributed by atoms with Crippen molar-refractivity contribution in [3.63, 3.8) is 0 Å². The zero-order valence-corrected chi connectivity index (χ0v) is 17.0. The Hall–Kier alpha value is -1.43. The van der Waals surface area contributed by atoms with E-state index in [1.807, 2.05) is 16.9 Å². The van der Waals surface area contributed by atoms with E-state index in [9.17, 15) is 0 Å². The molecule has 0 amide bonds. The van der Waals surface area contributed by atoms with Crippen LogP contribution in [0.3, 0.4) is 0 Å². The predicted molar refractivity (Wildman–Crippen MR) is 108 cm³/mol. The maximum absolute atomic E-state index is 6.09. The van der Waals surface area contributed by atoms with Gasteiger partial charge in [0.15, 0.2) is 5.96 Å². The second-order valence-electron chi connectivity index (χ2n) is 5.18. The lowest BCUT2D eigenvalue weighted by molar-refractivity contribution is 0.377. The molecule has 10 heteroatoms. The van der Waals surface area contributed by atoms with Crippen molar-refractivity contribution in [3.05, 3.63) is 35.3 Å². The fraction of sp³-hybridized carbons (Fsp3) is 0.429. The molecule has 2 N–H and O–H groups in total. The summed E-state index contributed by atoms with van der Waals surface area (Å²) in [5.41, 5.74) is 6.09. The van der Waals surface area contributed by atoms with Gasteiger partial charge in [-0.15, -0.1) is 24.0 Å². The van der Waals surface area contributed by atoms with Gasteiger partial charge >= 0.3 is 0 Å². The lowest BCUT2D eigenvalue weighted by Crippen LogP contribution is -2.51. The molecule has 0 radical (unpaired) electrons. The summed E-state index contributed by atoms with van der Waals surface area (Å²) >= 11 is 3.37. The molecule has 0 saturated carbocycles. The van der Waals surface area contributed by atoms with Gasteiger partial charge in [-0.1, -0.05) is 0 Å². The molecule has 1 aliphatic heterocycles. The maximum atomic E-state index is 6.09. The van der Waals surface area contributed by atoms with Crippen LogP contribution in [0.5, 0.6) is 0 Å². The number of nitrogens with two attached hydrogens (primary N) is 1. The second kappa shape index (κ2) is 9.16. The van der Waals surface area contributed by atoms with E-state index in [-0.39, 0.29) is 24.0 Å². The van der Waals surface area contributed by atoms with Crippen LogP contribution < -0.4 is 10.6 Å². The van der Waals surface area contributed by atoms with Gasteiger partial charge in [-0.05, 0) is 22.0 Å². The van der Waals surface area contributed by atoms with Crippen molar-refractivity contribution < 1.29 is 0 Å². The average Bonchev–Trinajstić information content (AvgIpc) is 3.01. The van der Waals surface area contributed by atoms with Gasteiger partial charge in [-0.2, -0.15) is 5.10 Å². The zero-order valence-electron chi connectivity index (χ0n) is 13.1. The molecule has 1 fully saturated rings. The molecule has 8 nitrogen and oxygen atoms in total. The Morgan fingerprint density at radius 1 is 1.21 bits per heavy atom. The number of aromatic nitrogens is 4. The molecule has 0 aromatic carbocycles. The molecule has 130 valence electrons. The average molecular weight is 507 g/mol. The van der Waals surface area contributed by atoms with E-state index >= 15 is 0 Å². The highest BCUT2D eigenvalue weighted by Crippen LogP contribution is 2.09. The monoisotopic (exact) mass is 506 g/mol. The summed E-state index contributed by atoms with van der Waals surface area (Å²) in [6.45, 7) is 4.65. The molecule has 0 unspecified atom stereocenters. The number of halogens is 2. The number of hydrogen-bond donors (Lipinski definition) is 1. The summed E-state index contributed by atoms with van der Waals surface area (Å²) in [6, 6.07) is 1.82. The van der Waals surface area contributed by atoms with Crippen LogP contribution in [0.1, 0.15) is 0 Å². The highest BCUT2D eigenvalue weighted by Gasteiger charge is 2.19. The third-order valence-electron chi connectivity index (χ3n) is 3.64. The standard InChI is InChI=1S/C14H19BrN8.HI/c15-12-10-20-23(11-12)5-4-17-13(16)21-6-8-22(9-7-21)14-18-2-1-3-19-14;/h1-3,10-11H,4-9H2,(H2,16,17);1H. The minimum absolute atomic E-state index is 0. The van der Waals surface area contributed by atoms with Crippen LogP contribution >= 0.6 is 39.9 Å². The Labute approximate surface area is 166 Å². The highest BCUT2D eigenvalue weighted by atomic mass is 127. The van der Waals surface area contributed by atoms with Crippen molar-refractivity contribution in [2.45, 2.75) is 6.54 Å². The minimum atomic E-state index is 0. The van der Waals surface area contributed by atoms with Crippen molar-refractivity contribution in [2.75, 3.05) is 37.6 Å². The molecule has 1 aliphatic rings. The maximum Gasteiger partial charge on any atom is 0.225 e. The van der Waals surface area contributed by atoms with Crippen molar-refractivity contribution >= 4 is 51.8 Å². The largest absolute Gasteiger partial charge is 0.370 e. The number of rotatable bonds is 4. The Morgan fingerprint density at radius 2 is 1.92 bits per heavy atom. The third-order valence-corrected chi connectivity index (χ3v) is 4.05.